The molecule has 4 nitrogen and oxygen atoms in total. The zero-order chi connectivity index (χ0) is 18.8. The molecule has 2 rings (SSSR count). The van der Waals surface area contributed by atoms with E-state index >= 15 is 0 Å². The summed E-state index contributed by atoms with van der Waals surface area (Å²) in [4.78, 5) is 14.1. The highest BCUT2D eigenvalue weighted by atomic mass is 16.2. The summed E-state index contributed by atoms with van der Waals surface area (Å²) in [6.45, 7) is 4.34. The third-order valence-corrected chi connectivity index (χ3v) is 4.29. The first kappa shape index (κ1) is 20.0. The van der Waals surface area contributed by atoms with Crippen molar-refractivity contribution in [2.24, 2.45) is 0 Å². The number of urea groups is 1. The Morgan fingerprint density at radius 1 is 0.962 bits per heavy atom. The summed E-state index contributed by atoms with van der Waals surface area (Å²) < 4.78 is 0. The quantitative estimate of drug-likeness (QED) is 0.656. The summed E-state index contributed by atoms with van der Waals surface area (Å²) in [5.41, 5.74) is 4.75. The topological polar surface area (TPSA) is 44.4 Å². The largest absolute Gasteiger partial charge is 0.338 e. The number of benzene rings is 2. The Bertz CT molecular complexity index is 680. The molecule has 0 aliphatic carbocycles. The van der Waals surface area contributed by atoms with Gasteiger partial charge < -0.3 is 15.5 Å². The van der Waals surface area contributed by atoms with Gasteiger partial charge in [-0.25, -0.2) is 4.79 Å². The molecule has 140 valence electrons. The summed E-state index contributed by atoms with van der Waals surface area (Å²) in [6.07, 6.45) is 3.33. The molecule has 26 heavy (non-hydrogen) atoms. The molecule has 0 aliphatic rings. The lowest BCUT2D eigenvalue weighted by molar-refractivity contribution is 0.240. The number of unbranched alkanes of at least 4 members (excludes halogenated alkanes) is 2. The number of nitrogens with zero attached hydrogens (tertiary/aromatic N) is 1. The minimum Gasteiger partial charge on any atom is -0.338 e. The van der Waals surface area contributed by atoms with Crippen molar-refractivity contribution < 1.29 is 4.79 Å². The Morgan fingerprint density at radius 3 is 2.38 bits per heavy atom. The van der Waals surface area contributed by atoms with Gasteiger partial charge in [-0.05, 0) is 42.8 Å². The monoisotopic (exact) mass is 353 g/mol. The van der Waals surface area contributed by atoms with Crippen LogP contribution in [-0.4, -0.2) is 31.6 Å². The maximum absolute atomic E-state index is 11.9. The predicted octanol–water partition coefficient (Wildman–Crippen LogP) is 4.40. The standard InChI is InChI=1S/C22H31N3O/c1-4-5-8-15-23-22(26)24-16-20-9-6-7-10-21(20)19-13-11-18(12-14-19)17-25(2)3/h6-7,9-14H,4-5,8,15-17H2,1-3H3,(H2,23,24,26). The summed E-state index contributed by atoms with van der Waals surface area (Å²) in [6, 6.07) is 16.8. The summed E-state index contributed by atoms with van der Waals surface area (Å²) in [5, 5.41) is 5.88. The third-order valence-electron chi connectivity index (χ3n) is 4.29. The van der Waals surface area contributed by atoms with E-state index in [2.05, 4.69) is 73.0 Å². The van der Waals surface area contributed by atoms with Crippen molar-refractivity contribution in [2.75, 3.05) is 20.6 Å². The molecule has 0 aromatic heterocycles. The van der Waals surface area contributed by atoms with E-state index in [4.69, 9.17) is 0 Å². The number of carbonyl (C=O) groups is 1. The van der Waals surface area contributed by atoms with Gasteiger partial charge in [0.2, 0.25) is 0 Å². The maximum atomic E-state index is 11.9. The van der Waals surface area contributed by atoms with Crippen LogP contribution in [0.1, 0.15) is 37.3 Å². The fourth-order valence-corrected chi connectivity index (χ4v) is 2.93. The van der Waals surface area contributed by atoms with Gasteiger partial charge in [0.1, 0.15) is 0 Å². The Hall–Kier alpha value is -2.33. The maximum Gasteiger partial charge on any atom is 0.315 e. The van der Waals surface area contributed by atoms with Gasteiger partial charge in [0.05, 0.1) is 0 Å². The van der Waals surface area contributed by atoms with Crippen LogP contribution < -0.4 is 10.6 Å². The third kappa shape index (κ3) is 6.52. The molecule has 2 aromatic carbocycles. The van der Waals surface area contributed by atoms with Gasteiger partial charge >= 0.3 is 6.03 Å². The van der Waals surface area contributed by atoms with Crippen LogP contribution in [0.4, 0.5) is 4.79 Å². The van der Waals surface area contributed by atoms with Crippen LogP contribution in [0.3, 0.4) is 0 Å². The molecule has 0 bridgehead atoms. The molecular weight excluding hydrogens is 322 g/mol. The fourth-order valence-electron chi connectivity index (χ4n) is 2.93. The number of hydrogen-bond acceptors (Lipinski definition) is 2. The van der Waals surface area contributed by atoms with Crippen LogP contribution in [0.15, 0.2) is 48.5 Å². The van der Waals surface area contributed by atoms with Crippen LogP contribution in [0.5, 0.6) is 0 Å². The number of rotatable bonds is 9. The fraction of sp³-hybridized carbons (Fsp3) is 0.409. The van der Waals surface area contributed by atoms with Gasteiger partial charge in [-0.3, -0.25) is 0 Å². The highest BCUT2D eigenvalue weighted by Crippen LogP contribution is 2.24. The van der Waals surface area contributed by atoms with Crippen LogP contribution in [-0.2, 0) is 13.1 Å². The summed E-state index contributed by atoms with van der Waals surface area (Å²) >= 11 is 0. The number of nitrogens with one attached hydrogen (secondary N) is 2. The molecule has 4 heteroatoms. The molecule has 0 spiro atoms. The zero-order valence-corrected chi connectivity index (χ0v) is 16.2. The van der Waals surface area contributed by atoms with Gasteiger partial charge in [0, 0.05) is 19.6 Å². The SMILES string of the molecule is CCCCCNC(=O)NCc1ccccc1-c1ccc(CN(C)C)cc1. The minimum absolute atomic E-state index is 0.0998. The van der Waals surface area contributed by atoms with Crippen molar-refractivity contribution in [1.82, 2.24) is 15.5 Å². The van der Waals surface area contributed by atoms with Crippen molar-refractivity contribution in [3.63, 3.8) is 0 Å². The Balaban J connectivity index is 1.98. The highest BCUT2D eigenvalue weighted by Gasteiger charge is 2.07. The van der Waals surface area contributed by atoms with E-state index in [9.17, 15) is 4.79 Å². The van der Waals surface area contributed by atoms with Crippen LogP contribution >= 0.6 is 0 Å². The van der Waals surface area contributed by atoms with Crippen molar-refractivity contribution in [2.45, 2.75) is 39.3 Å². The molecular formula is C22H31N3O. The number of carbonyl (C=O) groups excluding carboxylic acids is 1. The predicted molar refractivity (Wildman–Crippen MR) is 109 cm³/mol. The zero-order valence-electron chi connectivity index (χ0n) is 16.2. The molecule has 2 N–H and O–H groups in total. The van der Waals surface area contributed by atoms with Crippen molar-refractivity contribution >= 4 is 6.03 Å². The molecule has 2 aromatic rings. The average molecular weight is 354 g/mol. The van der Waals surface area contributed by atoms with E-state index in [1.807, 2.05) is 12.1 Å². The molecule has 0 heterocycles. The highest BCUT2D eigenvalue weighted by molar-refractivity contribution is 5.74. The van der Waals surface area contributed by atoms with Gasteiger partial charge in [-0.15, -0.1) is 0 Å². The van der Waals surface area contributed by atoms with E-state index in [1.54, 1.807) is 0 Å². The Kier molecular flexibility index (Phi) is 8.16. The molecule has 0 atom stereocenters. The number of amides is 2. The summed E-state index contributed by atoms with van der Waals surface area (Å²) in [5.74, 6) is 0. The normalized spacial score (nSPS) is 10.8. The first-order valence-electron chi connectivity index (χ1n) is 9.43. The molecule has 0 radical (unpaired) electrons. The second kappa shape index (κ2) is 10.6. The Labute approximate surface area is 157 Å². The van der Waals surface area contributed by atoms with Crippen LogP contribution in [0, 0.1) is 0 Å². The van der Waals surface area contributed by atoms with E-state index in [0.29, 0.717) is 6.54 Å². The van der Waals surface area contributed by atoms with E-state index in [-0.39, 0.29) is 6.03 Å². The van der Waals surface area contributed by atoms with Crippen molar-refractivity contribution in [1.29, 1.82) is 0 Å². The lowest BCUT2D eigenvalue weighted by Crippen LogP contribution is -2.35. The smallest absolute Gasteiger partial charge is 0.315 e. The summed E-state index contributed by atoms with van der Waals surface area (Å²) in [7, 11) is 4.14. The molecule has 0 fully saturated rings. The molecule has 0 saturated carbocycles. The molecule has 0 saturated heterocycles. The first-order chi connectivity index (χ1) is 12.6. The van der Waals surface area contributed by atoms with Gasteiger partial charge in [0.25, 0.3) is 0 Å². The molecule has 2 amide bonds. The Morgan fingerprint density at radius 2 is 1.69 bits per heavy atom. The van der Waals surface area contributed by atoms with Crippen molar-refractivity contribution in [3.8, 4) is 11.1 Å². The minimum atomic E-state index is -0.0998. The van der Waals surface area contributed by atoms with Crippen LogP contribution in [0.2, 0.25) is 0 Å². The molecule has 0 aliphatic heterocycles. The van der Waals surface area contributed by atoms with E-state index < -0.39 is 0 Å². The second-order valence-corrected chi connectivity index (χ2v) is 6.91. The first-order valence-corrected chi connectivity index (χ1v) is 9.43. The lowest BCUT2D eigenvalue weighted by Gasteiger charge is -2.13. The number of hydrogen-bond donors (Lipinski definition) is 2. The van der Waals surface area contributed by atoms with Crippen molar-refractivity contribution in [3.05, 3.63) is 59.7 Å². The van der Waals surface area contributed by atoms with E-state index in [0.717, 1.165) is 43.5 Å². The second-order valence-electron chi connectivity index (χ2n) is 6.91. The lowest BCUT2D eigenvalue weighted by atomic mass is 9.98. The van der Waals surface area contributed by atoms with Gasteiger partial charge in [0.15, 0.2) is 0 Å². The molecule has 0 unspecified atom stereocenters. The van der Waals surface area contributed by atoms with Gasteiger partial charge in [-0.2, -0.15) is 0 Å². The van der Waals surface area contributed by atoms with Gasteiger partial charge in [-0.1, -0.05) is 68.3 Å². The average Bonchev–Trinajstić information content (AvgIpc) is 2.64. The van der Waals surface area contributed by atoms with E-state index in [1.165, 1.54) is 11.1 Å². The van der Waals surface area contributed by atoms with Crippen LogP contribution in [0.25, 0.3) is 11.1 Å².